The number of hydrogen-bond acceptors (Lipinski definition) is 8. The number of alkyl carbamates (subject to hydrolysis) is 1. The maximum absolute atomic E-state index is 14.5. The molecule has 2 aliphatic heterocycles. The maximum atomic E-state index is 14.5. The van der Waals surface area contributed by atoms with Crippen LogP contribution in [-0.2, 0) is 19.1 Å². The van der Waals surface area contributed by atoms with Crippen molar-refractivity contribution in [3.63, 3.8) is 0 Å². The molecule has 8 atom stereocenters. The van der Waals surface area contributed by atoms with Gasteiger partial charge >= 0.3 is 12.1 Å². The fourth-order valence-electron chi connectivity index (χ4n) is 6.91. The van der Waals surface area contributed by atoms with Crippen molar-refractivity contribution in [3.8, 4) is 11.6 Å². The smallest absolute Gasteiger partial charge is 0.408 e. The Bertz CT molecular complexity index is 1590. The average molecular weight is 685 g/mol. The van der Waals surface area contributed by atoms with Gasteiger partial charge in [-0.25, -0.2) is 9.78 Å². The van der Waals surface area contributed by atoms with Crippen molar-refractivity contribution in [1.82, 2.24) is 20.5 Å². The molecule has 3 N–H and O–H groups in total. The normalized spacial score (nSPS) is 30.2. The van der Waals surface area contributed by atoms with Gasteiger partial charge in [-0.05, 0) is 64.0 Å². The van der Waals surface area contributed by atoms with Crippen LogP contribution in [-0.4, -0.2) is 82.4 Å². The molecule has 2 fully saturated rings. The van der Waals surface area contributed by atoms with E-state index in [2.05, 4.69) is 22.5 Å². The van der Waals surface area contributed by atoms with Gasteiger partial charge in [-0.2, -0.15) is 0 Å². The van der Waals surface area contributed by atoms with Crippen molar-refractivity contribution in [2.24, 2.45) is 23.7 Å². The highest BCUT2D eigenvalue weighted by atomic mass is 35.5. The van der Waals surface area contributed by atoms with Gasteiger partial charge in [-0.15, -0.1) is 0 Å². The van der Waals surface area contributed by atoms with Crippen molar-refractivity contribution in [3.05, 3.63) is 41.6 Å². The highest BCUT2D eigenvalue weighted by Crippen LogP contribution is 2.42. The quantitative estimate of drug-likeness (QED) is 0.370. The van der Waals surface area contributed by atoms with E-state index in [1.54, 1.807) is 39.0 Å². The van der Waals surface area contributed by atoms with Gasteiger partial charge in [0, 0.05) is 29.2 Å². The third-order valence-electron chi connectivity index (χ3n) is 9.27. The van der Waals surface area contributed by atoms with Gasteiger partial charge in [0.15, 0.2) is 0 Å². The Morgan fingerprint density at radius 1 is 1.17 bits per heavy atom. The summed E-state index contributed by atoms with van der Waals surface area (Å²) in [6, 6.07) is 2.71. The number of amides is 3. The van der Waals surface area contributed by atoms with E-state index in [4.69, 9.17) is 25.8 Å². The Morgan fingerprint density at radius 3 is 2.60 bits per heavy atom. The molecule has 13 heteroatoms. The van der Waals surface area contributed by atoms with Crippen LogP contribution < -0.4 is 20.1 Å². The Balaban J connectivity index is 1.49. The van der Waals surface area contributed by atoms with Gasteiger partial charge in [0.25, 0.3) is 0 Å². The summed E-state index contributed by atoms with van der Waals surface area (Å²) in [5.41, 5.74) is -0.788. The summed E-state index contributed by atoms with van der Waals surface area (Å²) in [4.78, 5) is 59.4. The number of methoxy groups -OCH3 is 1. The van der Waals surface area contributed by atoms with Crippen LogP contribution in [0.5, 0.6) is 11.6 Å². The maximum Gasteiger partial charge on any atom is 0.408 e. The predicted molar refractivity (Wildman–Crippen MR) is 179 cm³/mol. The number of aromatic nitrogens is 1. The van der Waals surface area contributed by atoms with Gasteiger partial charge in [-0.1, -0.05) is 43.7 Å². The molecule has 1 unspecified atom stereocenters. The lowest BCUT2D eigenvalue weighted by atomic mass is 9.88. The lowest BCUT2D eigenvalue weighted by molar-refractivity contribution is -0.141. The zero-order chi connectivity index (χ0) is 34.9. The zero-order valence-electron chi connectivity index (χ0n) is 28.2. The van der Waals surface area contributed by atoms with Crippen molar-refractivity contribution >= 4 is 46.3 Å². The van der Waals surface area contributed by atoms with Crippen molar-refractivity contribution in [1.29, 1.82) is 0 Å². The molecular weight excluding hydrogens is 640 g/mol. The first-order valence-corrected chi connectivity index (χ1v) is 16.8. The van der Waals surface area contributed by atoms with Gasteiger partial charge in [0.05, 0.1) is 30.8 Å². The largest absolute Gasteiger partial charge is 0.494 e. The molecule has 3 amide bonds. The second-order valence-electron chi connectivity index (χ2n) is 14.2. The molecule has 3 heterocycles. The number of fused-ring (bicyclic) bond motifs is 3. The summed E-state index contributed by atoms with van der Waals surface area (Å²) in [6.07, 6.45) is 6.23. The van der Waals surface area contributed by atoms with E-state index in [1.165, 1.54) is 18.2 Å². The lowest BCUT2D eigenvalue weighted by Gasteiger charge is -2.33. The van der Waals surface area contributed by atoms with Gasteiger partial charge in [0.2, 0.25) is 17.7 Å². The van der Waals surface area contributed by atoms with Crippen molar-refractivity contribution in [2.45, 2.75) is 90.1 Å². The topological polar surface area (TPSA) is 156 Å². The summed E-state index contributed by atoms with van der Waals surface area (Å²) < 4.78 is 17.4. The van der Waals surface area contributed by atoms with Crippen LogP contribution in [0.15, 0.2) is 36.5 Å². The number of carbonyl (C=O) groups is 4. The Hall–Kier alpha value is -4.06. The SMILES string of the molecule is COc1cnc(O[C@@H]2C[C@H]3C(=O)N[C@@H]4[C@@H](/C=C\CCC(C)C[C@@H](C)[C@H](NC(=O)OC(C)(C)C)C(=O)N3C2)[C@H]4C(=O)O)c2cccc(Cl)c12. The molecule has 1 aromatic heterocycles. The number of carboxylic acid groups (broad SMARTS) is 1. The molecule has 3 aliphatic rings. The molecule has 0 radical (unpaired) electrons. The van der Waals surface area contributed by atoms with Gasteiger partial charge in [0.1, 0.15) is 29.5 Å². The van der Waals surface area contributed by atoms with E-state index in [0.29, 0.717) is 28.0 Å². The number of aliphatic carboxylic acids is 1. The molecule has 1 saturated heterocycles. The van der Waals surface area contributed by atoms with E-state index in [1.807, 2.05) is 19.1 Å². The zero-order valence-corrected chi connectivity index (χ0v) is 29.0. The fraction of sp³-hybridized carbons (Fsp3) is 0.571. The third-order valence-corrected chi connectivity index (χ3v) is 9.59. The minimum absolute atomic E-state index is 0.0256. The standard InChI is InChI=1S/C35H45ClN4O8/c1-18-10-7-8-11-21-27(33(43)44)29(21)38-30(41)24-15-20(47-31-22-12-9-13-23(36)26(22)25(46-6)16-37-31)17-40(24)32(42)28(19(2)14-18)39-34(45)48-35(3,4)5/h8-9,11-13,16,18-21,24,27-29H,7,10,14-15,17H2,1-6H3,(H,38,41)(H,39,45)(H,43,44)/b11-8-/t18?,19-,20-,21+,24+,27-,28+,29-/m1/s1. The monoisotopic (exact) mass is 684 g/mol. The lowest BCUT2D eigenvalue weighted by Crippen LogP contribution is -2.56. The Morgan fingerprint density at radius 2 is 1.92 bits per heavy atom. The first-order chi connectivity index (χ1) is 22.7. The number of nitrogens with one attached hydrogen (secondary N) is 2. The minimum Gasteiger partial charge on any atom is -0.494 e. The van der Waals surface area contributed by atoms with Crippen LogP contribution in [0.1, 0.15) is 60.3 Å². The number of ether oxygens (including phenoxy) is 3. The summed E-state index contributed by atoms with van der Waals surface area (Å²) in [7, 11) is 1.52. The van der Waals surface area contributed by atoms with Crippen LogP contribution in [0.2, 0.25) is 5.02 Å². The molecule has 2 aromatic rings. The summed E-state index contributed by atoms with van der Waals surface area (Å²) in [6.45, 7) is 9.25. The molecule has 5 rings (SSSR count). The molecule has 0 spiro atoms. The minimum atomic E-state index is -0.993. The van der Waals surface area contributed by atoms with Gasteiger partial charge in [-0.3, -0.25) is 14.4 Å². The number of carbonyl (C=O) groups excluding carboxylic acids is 3. The third kappa shape index (κ3) is 7.80. The molecule has 12 nitrogen and oxygen atoms in total. The van der Waals surface area contributed by atoms with Crippen LogP contribution in [0.3, 0.4) is 0 Å². The predicted octanol–water partition coefficient (Wildman–Crippen LogP) is 4.97. The second-order valence-corrected chi connectivity index (χ2v) is 14.6. The molecule has 1 aromatic carbocycles. The number of halogens is 1. The van der Waals surface area contributed by atoms with E-state index in [0.717, 1.165) is 12.8 Å². The highest BCUT2D eigenvalue weighted by molar-refractivity contribution is 6.36. The highest BCUT2D eigenvalue weighted by Gasteiger charge is 2.56. The molecule has 260 valence electrons. The molecule has 48 heavy (non-hydrogen) atoms. The van der Waals surface area contributed by atoms with Gasteiger partial charge < -0.3 is 34.9 Å². The number of carboxylic acids is 1. The van der Waals surface area contributed by atoms with Crippen LogP contribution in [0.25, 0.3) is 10.8 Å². The first kappa shape index (κ1) is 35.3. The van der Waals surface area contributed by atoms with E-state index >= 15 is 0 Å². The van der Waals surface area contributed by atoms with Crippen LogP contribution in [0, 0.1) is 23.7 Å². The average Bonchev–Trinajstić information content (AvgIpc) is 3.51. The van der Waals surface area contributed by atoms with E-state index < -0.39 is 59.6 Å². The Kier molecular flexibility index (Phi) is 10.4. The first-order valence-electron chi connectivity index (χ1n) is 16.5. The van der Waals surface area contributed by atoms with E-state index in [9.17, 15) is 24.3 Å². The number of benzene rings is 1. The molecule has 0 bridgehead atoms. The van der Waals surface area contributed by atoms with E-state index in [-0.39, 0.29) is 36.6 Å². The summed E-state index contributed by atoms with van der Waals surface area (Å²) in [5.74, 6) is -2.38. The van der Waals surface area contributed by atoms with Crippen LogP contribution in [0.4, 0.5) is 4.79 Å². The fourth-order valence-corrected chi connectivity index (χ4v) is 7.18. The number of rotatable bonds is 5. The molecular formula is C35H45ClN4O8. The molecule has 1 saturated carbocycles. The second kappa shape index (κ2) is 14.2. The van der Waals surface area contributed by atoms with Crippen molar-refractivity contribution in [2.75, 3.05) is 13.7 Å². The van der Waals surface area contributed by atoms with Crippen molar-refractivity contribution < 1.29 is 38.5 Å². The summed E-state index contributed by atoms with van der Waals surface area (Å²) in [5, 5.41) is 17.2. The summed E-state index contributed by atoms with van der Waals surface area (Å²) >= 11 is 6.51. The molecule has 1 aliphatic carbocycles. The van der Waals surface area contributed by atoms with Crippen LogP contribution >= 0.6 is 11.6 Å². The number of nitrogens with zero attached hydrogens (tertiary/aromatic N) is 2. The Labute approximate surface area is 285 Å². The number of pyridine rings is 1. The number of allylic oxidation sites excluding steroid dienone is 1. The number of hydrogen-bond donors (Lipinski definition) is 3.